The summed E-state index contributed by atoms with van der Waals surface area (Å²) in [6.45, 7) is 0. The van der Waals surface area contributed by atoms with Crippen molar-refractivity contribution >= 4 is 87.4 Å². The molecule has 6 bridgehead atoms. The molecule has 0 amide bonds. The van der Waals surface area contributed by atoms with E-state index >= 15 is 0 Å². The Morgan fingerprint density at radius 3 is 1.82 bits per heavy atom. The molecule has 4 heterocycles. The molecule has 0 fully saturated rings. The summed E-state index contributed by atoms with van der Waals surface area (Å²) in [7, 11) is 0. The predicted octanol–water partition coefficient (Wildman–Crippen LogP) is 11.7. The maximum absolute atomic E-state index is 6.44. The fourth-order valence-electron chi connectivity index (χ4n) is 7.78. The lowest BCUT2D eigenvalue weighted by molar-refractivity contribution is 0.669. The van der Waals surface area contributed by atoms with Crippen molar-refractivity contribution in [2.24, 2.45) is 0 Å². The van der Waals surface area contributed by atoms with Gasteiger partial charge >= 0.3 is 0 Å². The van der Waals surface area contributed by atoms with Crippen LogP contribution >= 0.6 is 0 Å². The molecule has 0 saturated heterocycles. The summed E-state index contributed by atoms with van der Waals surface area (Å²) in [6, 6.07) is 55.2. The van der Waals surface area contributed by atoms with Gasteiger partial charge in [0, 0.05) is 37.9 Å². The highest BCUT2D eigenvalue weighted by Gasteiger charge is 2.18. The van der Waals surface area contributed by atoms with Gasteiger partial charge in [0.15, 0.2) is 17.1 Å². The van der Waals surface area contributed by atoms with Gasteiger partial charge in [-0.15, -0.1) is 0 Å². The number of rotatable bonds is 2. The minimum absolute atomic E-state index is 0.600. The molecule has 5 heteroatoms. The molecular formula is C45H26N4O. The molecule has 232 valence electrons. The number of para-hydroxylation sites is 3. The SMILES string of the molecule is c1ccc(-n2c3ccccc3c3ccccc32)c(-c2nc3nc(n2)c2cccc4oc5ccc(cc5c42)c2ccccc2c2cccc3c2)c1. The van der Waals surface area contributed by atoms with Crippen LogP contribution in [0.5, 0.6) is 0 Å². The van der Waals surface area contributed by atoms with E-state index in [2.05, 4.69) is 150 Å². The van der Waals surface area contributed by atoms with Gasteiger partial charge in [0.1, 0.15) is 11.2 Å². The number of hydrogen-bond donors (Lipinski definition) is 0. The summed E-state index contributed by atoms with van der Waals surface area (Å²) in [5.41, 5.74) is 7.03. The number of hydrogen-bond acceptors (Lipinski definition) is 4. The minimum Gasteiger partial charge on any atom is -0.456 e. The molecule has 11 aromatic rings. The van der Waals surface area contributed by atoms with Crippen LogP contribution in [0.15, 0.2) is 162 Å². The molecule has 0 radical (unpaired) electrons. The van der Waals surface area contributed by atoms with Crippen LogP contribution in [-0.4, -0.2) is 19.5 Å². The van der Waals surface area contributed by atoms with Gasteiger partial charge in [-0.05, 0) is 70.1 Å². The zero-order chi connectivity index (χ0) is 32.8. The molecule has 0 unspecified atom stereocenters. The quantitative estimate of drug-likeness (QED) is 0.189. The number of fused-ring (bicyclic) bond motifs is 13. The summed E-state index contributed by atoms with van der Waals surface area (Å²) >= 11 is 0. The van der Waals surface area contributed by atoms with Gasteiger partial charge in [-0.2, -0.15) is 0 Å². The summed E-state index contributed by atoms with van der Waals surface area (Å²) in [6.07, 6.45) is 0. The first-order chi connectivity index (χ1) is 24.8. The lowest BCUT2D eigenvalue weighted by Gasteiger charge is -2.13. The van der Waals surface area contributed by atoms with Crippen LogP contribution in [0.4, 0.5) is 0 Å². The average molecular weight is 639 g/mol. The minimum atomic E-state index is 0.600. The highest BCUT2D eigenvalue weighted by atomic mass is 16.3. The molecule has 0 aliphatic rings. The largest absolute Gasteiger partial charge is 0.456 e. The summed E-state index contributed by atoms with van der Waals surface area (Å²) in [5, 5.41) is 10.8. The molecule has 0 atom stereocenters. The molecule has 4 aromatic heterocycles. The molecule has 0 aliphatic heterocycles. The Labute approximate surface area is 285 Å². The van der Waals surface area contributed by atoms with Crippen molar-refractivity contribution in [2.45, 2.75) is 0 Å². The van der Waals surface area contributed by atoms with E-state index in [1.54, 1.807) is 0 Å². The third-order valence-electron chi connectivity index (χ3n) is 10.0. The fourth-order valence-corrected chi connectivity index (χ4v) is 7.78. The van der Waals surface area contributed by atoms with Crippen molar-refractivity contribution in [3.05, 3.63) is 158 Å². The van der Waals surface area contributed by atoms with Gasteiger partial charge in [-0.1, -0.05) is 109 Å². The molecule has 0 saturated carbocycles. The second-order valence-corrected chi connectivity index (χ2v) is 12.8. The molecule has 5 nitrogen and oxygen atoms in total. The average Bonchev–Trinajstić information content (AvgIpc) is 3.73. The van der Waals surface area contributed by atoms with Crippen LogP contribution < -0.4 is 0 Å². The number of furan rings is 1. The Hall–Kier alpha value is -6.85. The molecule has 0 aliphatic carbocycles. The number of benzene rings is 7. The fraction of sp³-hybridized carbons (Fsp3) is 0. The van der Waals surface area contributed by atoms with Crippen LogP contribution in [0.2, 0.25) is 0 Å². The summed E-state index contributed by atoms with van der Waals surface area (Å²) in [5.74, 6) is 0.605. The van der Waals surface area contributed by atoms with Gasteiger partial charge in [-0.3, -0.25) is 0 Å². The monoisotopic (exact) mass is 638 g/mol. The maximum atomic E-state index is 6.44. The van der Waals surface area contributed by atoms with E-state index in [0.29, 0.717) is 17.1 Å². The van der Waals surface area contributed by atoms with Gasteiger partial charge in [0.2, 0.25) is 0 Å². The molecule has 50 heavy (non-hydrogen) atoms. The van der Waals surface area contributed by atoms with Crippen LogP contribution in [0.3, 0.4) is 0 Å². The van der Waals surface area contributed by atoms with Crippen molar-refractivity contribution in [3.8, 4) is 17.1 Å². The third-order valence-corrected chi connectivity index (χ3v) is 10.0. The van der Waals surface area contributed by atoms with E-state index in [-0.39, 0.29) is 0 Å². The van der Waals surface area contributed by atoms with Crippen molar-refractivity contribution in [2.75, 3.05) is 0 Å². The highest BCUT2D eigenvalue weighted by Crippen LogP contribution is 2.38. The predicted molar refractivity (Wildman–Crippen MR) is 206 cm³/mol. The first kappa shape index (κ1) is 27.1. The lowest BCUT2D eigenvalue weighted by Crippen LogP contribution is -2.00. The van der Waals surface area contributed by atoms with Crippen molar-refractivity contribution in [1.29, 1.82) is 0 Å². The van der Waals surface area contributed by atoms with Crippen molar-refractivity contribution < 1.29 is 4.42 Å². The van der Waals surface area contributed by atoms with Crippen molar-refractivity contribution in [3.63, 3.8) is 0 Å². The van der Waals surface area contributed by atoms with Crippen LogP contribution in [0.1, 0.15) is 0 Å². The Morgan fingerprint density at radius 2 is 1.02 bits per heavy atom. The summed E-state index contributed by atoms with van der Waals surface area (Å²) < 4.78 is 8.77. The first-order valence-corrected chi connectivity index (χ1v) is 16.8. The van der Waals surface area contributed by atoms with E-state index in [1.165, 1.54) is 10.8 Å². The molecule has 7 aromatic carbocycles. The Balaban J connectivity index is 1.33. The second kappa shape index (κ2) is 10.3. The Kier molecular flexibility index (Phi) is 5.60. The van der Waals surface area contributed by atoms with E-state index < -0.39 is 0 Å². The smallest absolute Gasteiger partial charge is 0.166 e. The van der Waals surface area contributed by atoms with Crippen LogP contribution in [-0.2, 0) is 0 Å². The Bertz CT molecular complexity index is 3170. The zero-order valence-corrected chi connectivity index (χ0v) is 26.7. The lowest BCUT2D eigenvalue weighted by atomic mass is 10.0. The summed E-state index contributed by atoms with van der Waals surface area (Å²) in [4.78, 5) is 15.7. The molecule has 11 rings (SSSR count). The standard InChI is InChI=1S/C45H26N4O/c1-2-14-31-28-23-24-40-36(26-28)42-35(18-10-22-41(42)50-40)45-47-43(29-12-9-11-27(25-29)30(31)13-1)46-44(48-45)34-17-5-8-21-39(34)49-37-19-6-3-15-32(37)33-16-4-7-20-38(33)49/h1-26H. The van der Waals surface area contributed by atoms with E-state index in [1.807, 2.05) is 12.1 Å². The van der Waals surface area contributed by atoms with Gasteiger partial charge in [0.25, 0.3) is 0 Å². The third kappa shape index (κ3) is 3.92. The molecular weight excluding hydrogens is 613 g/mol. The van der Waals surface area contributed by atoms with E-state index in [9.17, 15) is 0 Å². The van der Waals surface area contributed by atoms with Gasteiger partial charge < -0.3 is 8.98 Å². The van der Waals surface area contributed by atoms with Gasteiger partial charge in [0.05, 0.1) is 16.7 Å². The van der Waals surface area contributed by atoms with Gasteiger partial charge in [-0.25, -0.2) is 15.0 Å². The normalized spacial score (nSPS) is 12.0. The van der Waals surface area contributed by atoms with E-state index in [0.717, 1.165) is 76.5 Å². The van der Waals surface area contributed by atoms with E-state index in [4.69, 9.17) is 19.4 Å². The highest BCUT2D eigenvalue weighted by molar-refractivity contribution is 6.19. The maximum Gasteiger partial charge on any atom is 0.166 e. The number of aromatic nitrogens is 4. The molecule has 0 N–H and O–H groups in total. The zero-order valence-electron chi connectivity index (χ0n) is 26.7. The van der Waals surface area contributed by atoms with Crippen LogP contribution in [0.25, 0.3) is 104 Å². The molecule has 0 spiro atoms. The van der Waals surface area contributed by atoms with Crippen LogP contribution in [0, 0.1) is 0 Å². The topological polar surface area (TPSA) is 56.7 Å². The number of nitrogens with zero attached hydrogens (tertiary/aromatic N) is 4. The Morgan fingerprint density at radius 1 is 0.400 bits per heavy atom. The first-order valence-electron chi connectivity index (χ1n) is 16.8. The van der Waals surface area contributed by atoms with Crippen molar-refractivity contribution in [1.82, 2.24) is 19.5 Å². The second-order valence-electron chi connectivity index (χ2n) is 12.8.